The van der Waals surface area contributed by atoms with E-state index in [0.29, 0.717) is 21.8 Å². The van der Waals surface area contributed by atoms with Gasteiger partial charge in [-0.05, 0) is 36.4 Å². The third-order valence-electron chi connectivity index (χ3n) is 2.70. The highest BCUT2D eigenvalue weighted by atomic mass is 35.5. The zero-order valence-corrected chi connectivity index (χ0v) is 11.9. The summed E-state index contributed by atoms with van der Waals surface area (Å²) in [4.78, 5) is 22.2. The SMILES string of the molecule is O=C1CSC(=Nc2ccc(Cl)cc2)N1c1ccccn1. The highest BCUT2D eigenvalue weighted by Gasteiger charge is 2.30. The molecule has 2 aromatic rings. The van der Waals surface area contributed by atoms with Crippen LogP contribution in [0.3, 0.4) is 0 Å². The van der Waals surface area contributed by atoms with E-state index in [4.69, 9.17) is 11.6 Å². The number of rotatable bonds is 2. The number of carbonyl (C=O) groups is 1. The Balaban J connectivity index is 1.96. The van der Waals surface area contributed by atoms with Crippen LogP contribution in [0.25, 0.3) is 0 Å². The van der Waals surface area contributed by atoms with Gasteiger partial charge in [-0.2, -0.15) is 0 Å². The van der Waals surface area contributed by atoms with Crippen LogP contribution in [0.1, 0.15) is 0 Å². The number of benzene rings is 1. The topological polar surface area (TPSA) is 45.6 Å². The largest absolute Gasteiger partial charge is 0.273 e. The number of amides is 1. The molecule has 3 rings (SSSR count). The van der Waals surface area contributed by atoms with Crippen LogP contribution in [-0.4, -0.2) is 21.8 Å². The second kappa shape index (κ2) is 5.64. The van der Waals surface area contributed by atoms with E-state index >= 15 is 0 Å². The summed E-state index contributed by atoms with van der Waals surface area (Å²) >= 11 is 7.25. The molecule has 2 heterocycles. The minimum atomic E-state index is -0.0126. The van der Waals surface area contributed by atoms with Crippen molar-refractivity contribution in [2.45, 2.75) is 0 Å². The average Bonchev–Trinajstić information content (AvgIpc) is 2.83. The molecular formula is C14H10ClN3OS. The van der Waals surface area contributed by atoms with Crippen molar-refractivity contribution in [1.82, 2.24) is 4.98 Å². The van der Waals surface area contributed by atoms with E-state index in [1.165, 1.54) is 11.8 Å². The maximum absolute atomic E-state index is 12.0. The molecule has 1 amide bonds. The second-order valence-electron chi connectivity index (χ2n) is 4.08. The van der Waals surface area contributed by atoms with E-state index in [0.717, 1.165) is 5.69 Å². The summed E-state index contributed by atoms with van der Waals surface area (Å²) in [5, 5.41) is 1.29. The minimum absolute atomic E-state index is 0.0126. The maximum atomic E-state index is 12.0. The van der Waals surface area contributed by atoms with Gasteiger partial charge in [0, 0.05) is 11.2 Å². The molecule has 0 spiro atoms. The summed E-state index contributed by atoms with van der Waals surface area (Å²) < 4.78 is 0. The summed E-state index contributed by atoms with van der Waals surface area (Å²) in [7, 11) is 0. The third-order valence-corrected chi connectivity index (χ3v) is 3.87. The second-order valence-corrected chi connectivity index (χ2v) is 5.46. The van der Waals surface area contributed by atoms with E-state index in [1.54, 1.807) is 29.3 Å². The molecule has 0 saturated carbocycles. The minimum Gasteiger partial charge on any atom is -0.273 e. The number of aliphatic imine (C=N–C) groups is 1. The molecule has 0 atom stereocenters. The van der Waals surface area contributed by atoms with Gasteiger partial charge in [-0.15, -0.1) is 0 Å². The maximum Gasteiger partial charge on any atom is 0.244 e. The number of aromatic nitrogens is 1. The predicted molar refractivity (Wildman–Crippen MR) is 82.7 cm³/mol. The van der Waals surface area contributed by atoms with Crippen LogP contribution in [0.5, 0.6) is 0 Å². The average molecular weight is 304 g/mol. The molecule has 1 fully saturated rings. The molecule has 20 heavy (non-hydrogen) atoms. The first-order valence-electron chi connectivity index (χ1n) is 5.95. The molecule has 0 aliphatic carbocycles. The molecule has 0 N–H and O–H groups in total. The highest BCUT2D eigenvalue weighted by Crippen LogP contribution is 2.27. The Kier molecular flexibility index (Phi) is 3.71. The lowest BCUT2D eigenvalue weighted by molar-refractivity contribution is -0.115. The number of amidine groups is 1. The lowest BCUT2D eigenvalue weighted by atomic mass is 10.3. The quantitative estimate of drug-likeness (QED) is 0.853. The highest BCUT2D eigenvalue weighted by molar-refractivity contribution is 8.15. The van der Waals surface area contributed by atoms with E-state index < -0.39 is 0 Å². The van der Waals surface area contributed by atoms with Crippen molar-refractivity contribution in [1.29, 1.82) is 0 Å². The van der Waals surface area contributed by atoms with Crippen LogP contribution in [0.2, 0.25) is 5.02 Å². The van der Waals surface area contributed by atoms with Crippen molar-refractivity contribution in [3.05, 3.63) is 53.7 Å². The molecule has 1 saturated heterocycles. The normalized spacial score (nSPS) is 16.9. The van der Waals surface area contributed by atoms with Gasteiger partial charge in [0.2, 0.25) is 5.91 Å². The van der Waals surface area contributed by atoms with Crippen molar-refractivity contribution in [3.8, 4) is 0 Å². The van der Waals surface area contributed by atoms with Crippen LogP contribution in [-0.2, 0) is 4.79 Å². The smallest absolute Gasteiger partial charge is 0.244 e. The standard InChI is InChI=1S/C14H10ClN3OS/c15-10-4-6-11(7-5-10)17-14-18(13(19)9-20-14)12-3-1-2-8-16-12/h1-8H,9H2. The van der Waals surface area contributed by atoms with Crippen molar-refractivity contribution >= 4 is 45.9 Å². The number of hydrogen-bond acceptors (Lipinski definition) is 4. The van der Waals surface area contributed by atoms with E-state index in [2.05, 4.69) is 9.98 Å². The predicted octanol–water partition coefficient (Wildman–Crippen LogP) is 3.50. The van der Waals surface area contributed by atoms with Crippen LogP contribution in [0, 0.1) is 0 Å². The summed E-state index contributed by atoms with van der Waals surface area (Å²) in [5.74, 6) is 0.958. The molecule has 4 nitrogen and oxygen atoms in total. The molecular weight excluding hydrogens is 294 g/mol. The van der Waals surface area contributed by atoms with E-state index in [-0.39, 0.29) is 5.91 Å². The van der Waals surface area contributed by atoms with Gasteiger partial charge in [0.05, 0.1) is 11.4 Å². The van der Waals surface area contributed by atoms with E-state index in [1.807, 2.05) is 24.3 Å². The zero-order valence-electron chi connectivity index (χ0n) is 10.4. The Morgan fingerprint density at radius 1 is 1.20 bits per heavy atom. The number of thioether (sulfide) groups is 1. The summed E-state index contributed by atoms with van der Waals surface area (Å²) in [6.45, 7) is 0. The Morgan fingerprint density at radius 2 is 2.00 bits per heavy atom. The van der Waals surface area contributed by atoms with Gasteiger partial charge in [0.15, 0.2) is 5.17 Å². The van der Waals surface area contributed by atoms with Crippen LogP contribution in [0.15, 0.2) is 53.7 Å². The lowest BCUT2D eigenvalue weighted by Gasteiger charge is -2.14. The van der Waals surface area contributed by atoms with Gasteiger partial charge in [0.25, 0.3) is 0 Å². The van der Waals surface area contributed by atoms with Gasteiger partial charge in [-0.25, -0.2) is 14.9 Å². The van der Waals surface area contributed by atoms with Crippen LogP contribution < -0.4 is 4.90 Å². The number of carbonyl (C=O) groups excluding carboxylic acids is 1. The fraction of sp³-hybridized carbons (Fsp3) is 0.0714. The number of halogens is 1. The van der Waals surface area contributed by atoms with Gasteiger partial charge >= 0.3 is 0 Å². The third kappa shape index (κ3) is 2.69. The monoisotopic (exact) mass is 303 g/mol. The first-order chi connectivity index (χ1) is 9.74. The summed E-state index contributed by atoms with van der Waals surface area (Å²) in [6.07, 6.45) is 1.66. The Morgan fingerprint density at radius 3 is 2.70 bits per heavy atom. The zero-order chi connectivity index (χ0) is 13.9. The lowest BCUT2D eigenvalue weighted by Crippen LogP contribution is -2.29. The first-order valence-corrected chi connectivity index (χ1v) is 7.31. The fourth-order valence-electron chi connectivity index (χ4n) is 1.78. The van der Waals surface area contributed by atoms with Gasteiger partial charge < -0.3 is 0 Å². The van der Waals surface area contributed by atoms with E-state index in [9.17, 15) is 4.79 Å². The van der Waals surface area contributed by atoms with Crippen LogP contribution >= 0.6 is 23.4 Å². The summed E-state index contributed by atoms with van der Waals surface area (Å²) in [5.41, 5.74) is 0.757. The molecule has 100 valence electrons. The molecule has 1 aromatic carbocycles. The van der Waals surface area contributed by atoms with Crippen LogP contribution in [0.4, 0.5) is 11.5 Å². The molecule has 6 heteroatoms. The van der Waals surface area contributed by atoms with Crippen molar-refractivity contribution in [3.63, 3.8) is 0 Å². The first kappa shape index (κ1) is 13.1. The molecule has 1 aliphatic rings. The fourth-order valence-corrected chi connectivity index (χ4v) is 2.78. The number of hydrogen-bond donors (Lipinski definition) is 0. The number of nitrogens with zero attached hydrogens (tertiary/aromatic N) is 3. The molecule has 0 radical (unpaired) electrons. The molecule has 0 bridgehead atoms. The van der Waals surface area contributed by atoms with Crippen molar-refractivity contribution in [2.24, 2.45) is 4.99 Å². The Labute approximate surface area is 125 Å². The number of anilines is 1. The summed E-state index contributed by atoms with van der Waals surface area (Å²) in [6, 6.07) is 12.6. The van der Waals surface area contributed by atoms with Gasteiger partial charge in [-0.3, -0.25) is 4.79 Å². The molecule has 0 unspecified atom stereocenters. The molecule has 1 aromatic heterocycles. The van der Waals surface area contributed by atoms with Crippen molar-refractivity contribution < 1.29 is 4.79 Å². The van der Waals surface area contributed by atoms with Gasteiger partial charge in [0.1, 0.15) is 5.82 Å². The number of pyridine rings is 1. The van der Waals surface area contributed by atoms with Crippen molar-refractivity contribution in [2.75, 3.05) is 10.7 Å². The Bertz CT molecular complexity index is 658. The molecule has 1 aliphatic heterocycles. The van der Waals surface area contributed by atoms with Gasteiger partial charge in [-0.1, -0.05) is 29.4 Å². The Hall–Kier alpha value is -1.85.